The van der Waals surface area contributed by atoms with E-state index in [1.165, 1.54) is 5.56 Å². The zero-order valence-electron chi connectivity index (χ0n) is 15.5. The SMILES string of the molecule is COc1ccc(C(CNCc2ccccn2)N2CCOCC2)cc1OC. The minimum atomic E-state index is 0.238. The number of ether oxygens (including phenoxy) is 3. The van der Waals surface area contributed by atoms with E-state index in [0.717, 1.165) is 56.6 Å². The van der Waals surface area contributed by atoms with Gasteiger partial charge in [0.25, 0.3) is 0 Å². The largest absolute Gasteiger partial charge is 0.493 e. The Morgan fingerprint density at radius 1 is 1.12 bits per heavy atom. The highest BCUT2D eigenvalue weighted by Gasteiger charge is 2.23. The van der Waals surface area contributed by atoms with E-state index in [-0.39, 0.29) is 6.04 Å². The summed E-state index contributed by atoms with van der Waals surface area (Å²) in [6, 6.07) is 12.4. The number of benzene rings is 1. The maximum Gasteiger partial charge on any atom is 0.161 e. The molecule has 1 aromatic carbocycles. The fourth-order valence-electron chi connectivity index (χ4n) is 3.25. The molecule has 1 aliphatic heterocycles. The molecule has 0 saturated carbocycles. The number of pyridine rings is 1. The fraction of sp³-hybridized carbons (Fsp3) is 0.450. The van der Waals surface area contributed by atoms with Crippen LogP contribution >= 0.6 is 0 Å². The number of aromatic nitrogens is 1. The molecule has 6 heteroatoms. The molecule has 26 heavy (non-hydrogen) atoms. The predicted molar refractivity (Wildman–Crippen MR) is 101 cm³/mol. The molecule has 2 heterocycles. The third-order valence-corrected chi connectivity index (χ3v) is 4.65. The lowest BCUT2D eigenvalue weighted by Crippen LogP contribution is -2.42. The molecule has 0 bridgehead atoms. The van der Waals surface area contributed by atoms with Gasteiger partial charge < -0.3 is 19.5 Å². The maximum absolute atomic E-state index is 5.52. The van der Waals surface area contributed by atoms with Gasteiger partial charge in [0.2, 0.25) is 0 Å². The summed E-state index contributed by atoms with van der Waals surface area (Å²) in [5, 5.41) is 3.55. The van der Waals surface area contributed by atoms with Crippen molar-refractivity contribution in [1.82, 2.24) is 15.2 Å². The first-order valence-electron chi connectivity index (χ1n) is 8.96. The first-order chi connectivity index (χ1) is 12.8. The predicted octanol–water partition coefficient (Wildman–Crippen LogP) is 2.26. The van der Waals surface area contributed by atoms with Crippen LogP contribution in [0.2, 0.25) is 0 Å². The molecule has 0 amide bonds. The van der Waals surface area contributed by atoms with E-state index < -0.39 is 0 Å². The molecule has 1 aliphatic rings. The normalized spacial score (nSPS) is 16.2. The third kappa shape index (κ3) is 4.72. The van der Waals surface area contributed by atoms with Crippen LogP contribution in [0.5, 0.6) is 11.5 Å². The monoisotopic (exact) mass is 357 g/mol. The lowest BCUT2D eigenvalue weighted by molar-refractivity contribution is 0.0160. The van der Waals surface area contributed by atoms with Crippen LogP contribution in [-0.2, 0) is 11.3 Å². The summed E-state index contributed by atoms with van der Waals surface area (Å²) in [4.78, 5) is 6.83. The Kier molecular flexibility index (Phi) is 6.82. The van der Waals surface area contributed by atoms with E-state index in [9.17, 15) is 0 Å². The van der Waals surface area contributed by atoms with Crippen molar-refractivity contribution < 1.29 is 14.2 Å². The second-order valence-corrected chi connectivity index (χ2v) is 6.23. The first kappa shape index (κ1) is 18.6. The lowest BCUT2D eigenvalue weighted by atomic mass is 10.0. The number of morpholine rings is 1. The molecular formula is C20H27N3O3. The average Bonchev–Trinajstić information content (AvgIpc) is 2.72. The van der Waals surface area contributed by atoms with E-state index in [1.807, 2.05) is 30.5 Å². The van der Waals surface area contributed by atoms with Crippen molar-refractivity contribution >= 4 is 0 Å². The van der Waals surface area contributed by atoms with Gasteiger partial charge in [-0.2, -0.15) is 0 Å². The van der Waals surface area contributed by atoms with Crippen LogP contribution < -0.4 is 14.8 Å². The van der Waals surface area contributed by atoms with Crippen molar-refractivity contribution in [3.63, 3.8) is 0 Å². The van der Waals surface area contributed by atoms with Crippen molar-refractivity contribution in [3.8, 4) is 11.5 Å². The van der Waals surface area contributed by atoms with Gasteiger partial charge in [-0.3, -0.25) is 9.88 Å². The summed E-state index contributed by atoms with van der Waals surface area (Å²) in [5.41, 5.74) is 2.25. The molecule has 6 nitrogen and oxygen atoms in total. The van der Waals surface area contributed by atoms with Crippen molar-refractivity contribution in [1.29, 1.82) is 0 Å². The van der Waals surface area contributed by atoms with Gasteiger partial charge in [0.1, 0.15) is 0 Å². The Balaban J connectivity index is 1.74. The number of hydrogen-bond acceptors (Lipinski definition) is 6. The summed E-state index contributed by atoms with van der Waals surface area (Å²) >= 11 is 0. The molecule has 1 saturated heterocycles. The standard InChI is InChI=1S/C20H27N3O3/c1-24-19-7-6-16(13-20(19)25-2)18(23-9-11-26-12-10-23)15-21-14-17-5-3-4-8-22-17/h3-8,13,18,21H,9-12,14-15H2,1-2H3. The van der Waals surface area contributed by atoms with Gasteiger partial charge in [-0.1, -0.05) is 12.1 Å². The van der Waals surface area contributed by atoms with Gasteiger partial charge >= 0.3 is 0 Å². The molecule has 0 spiro atoms. The highest BCUT2D eigenvalue weighted by Crippen LogP contribution is 2.32. The highest BCUT2D eigenvalue weighted by atomic mass is 16.5. The summed E-state index contributed by atoms with van der Waals surface area (Å²) in [5.74, 6) is 1.51. The van der Waals surface area contributed by atoms with Crippen molar-refractivity contribution in [2.75, 3.05) is 47.1 Å². The summed E-state index contributed by atoms with van der Waals surface area (Å²) in [7, 11) is 3.33. The van der Waals surface area contributed by atoms with Crippen LogP contribution in [0, 0.1) is 0 Å². The Labute approximate surface area is 155 Å². The third-order valence-electron chi connectivity index (χ3n) is 4.65. The number of hydrogen-bond donors (Lipinski definition) is 1. The maximum atomic E-state index is 5.52. The van der Waals surface area contributed by atoms with Gasteiger partial charge in [0.15, 0.2) is 11.5 Å². The van der Waals surface area contributed by atoms with Crippen LogP contribution in [0.1, 0.15) is 17.3 Å². The topological polar surface area (TPSA) is 55.9 Å². The molecule has 1 N–H and O–H groups in total. The van der Waals surface area contributed by atoms with Crippen LogP contribution in [0.4, 0.5) is 0 Å². The molecule has 140 valence electrons. The first-order valence-corrected chi connectivity index (χ1v) is 8.96. The summed E-state index contributed by atoms with van der Waals surface area (Å²) in [6.07, 6.45) is 1.82. The molecular weight excluding hydrogens is 330 g/mol. The van der Waals surface area contributed by atoms with Gasteiger partial charge in [-0.05, 0) is 29.8 Å². The quantitative estimate of drug-likeness (QED) is 0.782. The van der Waals surface area contributed by atoms with E-state index >= 15 is 0 Å². The Morgan fingerprint density at radius 2 is 1.92 bits per heavy atom. The smallest absolute Gasteiger partial charge is 0.161 e. The van der Waals surface area contributed by atoms with Crippen LogP contribution in [0.3, 0.4) is 0 Å². The molecule has 0 aliphatic carbocycles. The zero-order chi connectivity index (χ0) is 18.2. The van der Waals surface area contributed by atoms with Gasteiger partial charge in [-0.25, -0.2) is 0 Å². The number of rotatable bonds is 8. The van der Waals surface area contributed by atoms with Crippen LogP contribution in [-0.4, -0.2) is 57.0 Å². The van der Waals surface area contributed by atoms with Crippen molar-refractivity contribution in [2.45, 2.75) is 12.6 Å². The Morgan fingerprint density at radius 3 is 2.62 bits per heavy atom. The molecule has 1 aromatic heterocycles. The summed E-state index contributed by atoms with van der Waals surface area (Å²) < 4.78 is 16.4. The van der Waals surface area contributed by atoms with E-state index in [2.05, 4.69) is 27.3 Å². The minimum Gasteiger partial charge on any atom is -0.493 e. The average molecular weight is 357 g/mol. The van der Waals surface area contributed by atoms with Gasteiger partial charge in [0, 0.05) is 38.4 Å². The molecule has 1 atom stereocenters. The van der Waals surface area contributed by atoms with E-state index in [4.69, 9.17) is 14.2 Å². The number of nitrogens with one attached hydrogen (secondary N) is 1. The summed E-state index contributed by atoms with van der Waals surface area (Å²) in [6.45, 7) is 4.95. The molecule has 1 unspecified atom stereocenters. The van der Waals surface area contributed by atoms with Gasteiger partial charge in [-0.15, -0.1) is 0 Å². The van der Waals surface area contributed by atoms with E-state index in [0.29, 0.717) is 0 Å². The van der Waals surface area contributed by atoms with Gasteiger partial charge in [0.05, 0.1) is 33.1 Å². The Hall–Kier alpha value is -2.15. The molecule has 2 aromatic rings. The lowest BCUT2D eigenvalue weighted by Gasteiger charge is -2.35. The molecule has 1 fully saturated rings. The minimum absolute atomic E-state index is 0.238. The molecule has 3 rings (SSSR count). The molecule has 0 radical (unpaired) electrons. The Bertz CT molecular complexity index is 675. The highest BCUT2D eigenvalue weighted by molar-refractivity contribution is 5.44. The van der Waals surface area contributed by atoms with Crippen LogP contribution in [0.25, 0.3) is 0 Å². The second kappa shape index (κ2) is 9.52. The van der Waals surface area contributed by atoms with E-state index in [1.54, 1.807) is 14.2 Å². The number of nitrogens with zero attached hydrogens (tertiary/aromatic N) is 2. The fourth-order valence-corrected chi connectivity index (χ4v) is 3.25. The second-order valence-electron chi connectivity index (χ2n) is 6.23. The van der Waals surface area contributed by atoms with Crippen molar-refractivity contribution in [3.05, 3.63) is 53.9 Å². The number of methoxy groups -OCH3 is 2. The van der Waals surface area contributed by atoms with Crippen molar-refractivity contribution in [2.24, 2.45) is 0 Å². The van der Waals surface area contributed by atoms with Crippen LogP contribution in [0.15, 0.2) is 42.6 Å². The zero-order valence-corrected chi connectivity index (χ0v) is 15.5.